The van der Waals surface area contributed by atoms with Crippen molar-refractivity contribution < 1.29 is 9.50 Å². The topological polar surface area (TPSA) is 55.9 Å². The van der Waals surface area contributed by atoms with E-state index >= 15 is 0 Å². The lowest BCUT2D eigenvalue weighted by atomic mass is 9.95. The average molecular weight is 354 g/mol. The first-order valence-electron chi connectivity index (χ1n) is 9.01. The molecule has 1 fully saturated rings. The van der Waals surface area contributed by atoms with Gasteiger partial charge in [0, 0.05) is 38.0 Å². The van der Waals surface area contributed by atoms with Crippen LogP contribution in [0.3, 0.4) is 0 Å². The number of aromatic nitrogens is 4. The lowest BCUT2D eigenvalue weighted by molar-refractivity contribution is 0.199. The highest BCUT2D eigenvalue weighted by atomic mass is 19.1. The summed E-state index contributed by atoms with van der Waals surface area (Å²) in [6.07, 6.45) is 8.38. The molecule has 3 aromatic rings. The maximum Gasteiger partial charge on any atom is 0.123 e. The smallest absolute Gasteiger partial charge is 0.123 e. The molecule has 2 aromatic heterocycles. The average Bonchev–Trinajstić information content (AvgIpc) is 3.18. The van der Waals surface area contributed by atoms with Crippen LogP contribution in [0.2, 0.25) is 0 Å². The number of aryl methyl sites for hydroxylation is 1. The molecule has 0 aliphatic heterocycles. The van der Waals surface area contributed by atoms with E-state index < -0.39 is 6.10 Å². The zero-order chi connectivity index (χ0) is 18.3. The molecule has 1 N–H and O–H groups in total. The highest BCUT2D eigenvalue weighted by Gasteiger charge is 2.22. The fraction of sp³-hybridized carbons (Fsp3) is 0.400. The highest BCUT2D eigenvalue weighted by molar-refractivity contribution is 5.70. The van der Waals surface area contributed by atoms with Crippen molar-refractivity contribution in [2.45, 2.75) is 38.8 Å². The predicted molar refractivity (Wildman–Crippen MR) is 97.0 cm³/mol. The van der Waals surface area contributed by atoms with Crippen LogP contribution in [0.1, 0.15) is 42.7 Å². The number of nitrogens with zero attached hydrogens (tertiary/aromatic N) is 4. The standard InChI is InChI=1S/C20H23FN4O/c1-13(26)18-8-16(21)5-6-17(18)19-12-24(2)23-20(19)7-15-9-22-25(11-15)10-14-3-4-14/h5-6,8-9,11-14,26H,3-4,7,10H2,1-2H3/t13-/m1/s1. The van der Waals surface area contributed by atoms with E-state index in [2.05, 4.69) is 16.4 Å². The van der Waals surface area contributed by atoms with E-state index in [9.17, 15) is 9.50 Å². The molecule has 4 rings (SSSR count). The van der Waals surface area contributed by atoms with Crippen LogP contribution in [0.25, 0.3) is 11.1 Å². The Morgan fingerprint density at radius 1 is 1.27 bits per heavy atom. The Morgan fingerprint density at radius 3 is 2.81 bits per heavy atom. The molecule has 1 aliphatic rings. The molecule has 26 heavy (non-hydrogen) atoms. The Labute approximate surface area is 152 Å². The first-order valence-corrected chi connectivity index (χ1v) is 9.01. The summed E-state index contributed by atoms with van der Waals surface area (Å²) in [5.74, 6) is 0.428. The second-order valence-corrected chi connectivity index (χ2v) is 7.26. The molecular formula is C20H23FN4O. The van der Waals surface area contributed by atoms with E-state index in [1.54, 1.807) is 17.7 Å². The third kappa shape index (κ3) is 3.55. The molecule has 5 nitrogen and oxygen atoms in total. The Bertz CT molecular complexity index is 924. The van der Waals surface area contributed by atoms with Gasteiger partial charge in [-0.1, -0.05) is 6.07 Å². The van der Waals surface area contributed by atoms with Gasteiger partial charge in [-0.3, -0.25) is 9.36 Å². The number of benzene rings is 1. The van der Waals surface area contributed by atoms with Gasteiger partial charge in [-0.05, 0) is 54.5 Å². The Hall–Kier alpha value is -2.47. The summed E-state index contributed by atoms with van der Waals surface area (Å²) in [4.78, 5) is 0. The van der Waals surface area contributed by atoms with Crippen molar-refractivity contribution in [3.63, 3.8) is 0 Å². The van der Waals surface area contributed by atoms with E-state index in [1.807, 2.05) is 24.1 Å². The van der Waals surface area contributed by atoms with Crippen molar-refractivity contribution in [1.82, 2.24) is 19.6 Å². The first-order chi connectivity index (χ1) is 12.5. The largest absolute Gasteiger partial charge is 0.389 e. The Morgan fingerprint density at radius 2 is 2.08 bits per heavy atom. The number of hydrogen-bond acceptors (Lipinski definition) is 3. The van der Waals surface area contributed by atoms with Crippen molar-refractivity contribution in [3.8, 4) is 11.1 Å². The molecule has 0 unspecified atom stereocenters. The minimum absolute atomic E-state index is 0.351. The lowest BCUT2D eigenvalue weighted by Crippen LogP contribution is -2.00. The Kier molecular flexibility index (Phi) is 4.36. The fourth-order valence-electron chi connectivity index (χ4n) is 3.37. The zero-order valence-electron chi connectivity index (χ0n) is 15.1. The number of aliphatic hydroxyl groups excluding tert-OH is 1. The van der Waals surface area contributed by atoms with Gasteiger partial charge in [0.25, 0.3) is 0 Å². The minimum atomic E-state index is -0.755. The second kappa shape index (κ2) is 6.68. The molecule has 136 valence electrons. The normalized spacial score (nSPS) is 15.4. The second-order valence-electron chi connectivity index (χ2n) is 7.26. The summed E-state index contributed by atoms with van der Waals surface area (Å²) in [5, 5.41) is 19.1. The van der Waals surface area contributed by atoms with E-state index in [0.29, 0.717) is 12.0 Å². The summed E-state index contributed by atoms with van der Waals surface area (Å²) < 4.78 is 17.4. The first kappa shape index (κ1) is 17.0. The minimum Gasteiger partial charge on any atom is -0.389 e. The van der Waals surface area contributed by atoms with Gasteiger partial charge in [0.05, 0.1) is 18.0 Å². The van der Waals surface area contributed by atoms with Crippen molar-refractivity contribution in [2.75, 3.05) is 0 Å². The van der Waals surface area contributed by atoms with Gasteiger partial charge in [0.1, 0.15) is 5.82 Å². The van der Waals surface area contributed by atoms with Crippen LogP contribution in [0.15, 0.2) is 36.8 Å². The van der Waals surface area contributed by atoms with E-state index in [-0.39, 0.29) is 5.82 Å². The van der Waals surface area contributed by atoms with E-state index in [1.165, 1.54) is 25.0 Å². The van der Waals surface area contributed by atoms with Gasteiger partial charge in [0.2, 0.25) is 0 Å². The SMILES string of the molecule is C[C@@H](O)c1cc(F)ccc1-c1cn(C)nc1Cc1cnn(CC2CC2)c1. The fourth-order valence-corrected chi connectivity index (χ4v) is 3.37. The zero-order valence-corrected chi connectivity index (χ0v) is 15.1. The number of rotatable bonds is 6. The van der Waals surface area contributed by atoms with Crippen molar-refractivity contribution in [2.24, 2.45) is 13.0 Å². The third-order valence-corrected chi connectivity index (χ3v) is 4.86. The highest BCUT2D eigenvalue weighted by Crippen LogP contribution is 2.33. The quantitative estimate of drug-likeness (QED) is 0.737. The van der Waals surface area contributed by atoms with Crippen molar-refractivity contribution in [3.05, 3.63) is 59.4 Å². The molecule has 0 bridgehead atoms. The molecule has 0 spiro atoms. The summed E-state index contributed by atoms with van der Waals surface area (Å²) in [6, 6.07) is 4.53. The van der Waals surface area contributed by atoms with Crippen LogP contribution in [0.4, 0.5) is 4.39 Å². The van der Waals surface area contributed by atoms with Crippen molar-refractivity contribution >= 4 is 0 Å². The molecule has 2 heterocycles. The maximum absolute atomic E-state index is 13.6. The van der Waals surface area contributed by atoms with Gasteiger partial charge in [0.15, 0.2) is 0 Å². The summed E-state index contributed by atoms with van der Waals surface area (Å²) in [7, 11) is 1.87. The molecule has 1 saturated carbocycles. The number of aliphatic hydroxyl groups is 1. The molecule has 1 aromatic carbocycles. The monoisotopic (exact) mass is 354 g/mol. The van der Waals surface area contributed by atoms with Gasteiger partial charge >= 0.3 is 0 Å². The number of hydrogen-bond donors (Lipinski definition) is 1. The predicted octanol–water partition coefficient (Wildman–Crippen LogP) is 3.48. The molecule has 6 heteroatoms. The third-order valence-electron chi connectivity index (χ3n) is 4.86. The maximum atomic E-state index is 13.6. The van der Waals surface area contributed by atoms with Crippen LogP contribution in [-0.4, -0.2) is 24.7 Å². The van der Waals surface area contributed by atoms with Gasteiger partial charge < -0.3 is 5.11 Å². The molecular weight excluding hydrogens is 331 g/mol. The van der Waals surface area contributed by atoms with E-state index in [0.717, 1.165) is 34.8 Å². The van der Waals surface area contributed by atoms with E-state index in [4.69, 9.17) is 0 Å². The summed E-state index contributed by atoms with van der Waals surface area (Å²) in [5.41, 5.74) is 4.30. The molecule has 0 amide bonds. The summed E-state index contributed by atoms with van der Waals surface area (Å²) in [6.45, 7) is 2.63. The molecule has 0 saturated heterocycles. The van der Waals surface area contributed by atoms with Crippen LogP contribution < -0.4 is 0 Å². The van der Waals surface area contributed by atoms with Gasteiger partial charge in [-0.2, -0.15) is 10.2 Å². The van der Waals surface area contributed by atoms with Gasteiger partial charge in [-0.15, -0.1) is 0 Å². The molecule has 1 aliphatic carbocycles. The summed E-state index contributed by atoms with van der Waals surface area (Å²) >= 11 is 0. The van der Waals surface area contributed by atoms with Crippen LogP contribution in [0, 0.1) is 11.7 Å². The van der Waals surface area contributed by atoms with Crippen LogP contribution in [-0.2, 0) is 20.0 Å². The lowest BCUT2D eigenvalue weighted by Gasteiger charge is -2.12. The van der Waals surface area contributed by atoms with Gasteiger partial charge in [-0.25, -0.2) is 4.39 Å². The Balaban J connectivity index is 1.66. The van der Waals surface area contributed by atoms with Crippen molar-refractivity contribution in [1.29, 1.82) is 0 Å². The molecule has 1 atom stereocenters. The molecule has 0 radical (unpaired) electrons. The van der Waals surface area contributed by atoms with Crippen LogP contribution >= 0.6 is 0 Å². The van der Waals surface area contributed by atoms with Crippen LogP contribution in [0.5, 0.6) is 0 Å². The number of halogens is 1.